The number of carboxylic acids is 1. The fourth-order valence-corrected chi connectivity index (χ4v) is 1.59. The molecule has 0 radical (unpaired) electrons. The summed E-state index contributed by atoms with van der Waals surface area (Å²) in [7, 11) is 0. The van der Waals surface area contributed by atoms with Gasteiger partial charge in [-0.25, -0.2) is 4.39 Å². The summed E-state index contributed by atoms with van der Waals surface area (Å²) < 4.78 is 13.3. The number of carboxylic acid groups (broad SMARTS) is 1. The van der Waals surface area contributed by atoms with Gasteiger partial charge in [0.25, 0.3) is 0 Å². The average molecular weight is 246 g/mol. The summed E-state index contributed by atoms with van der Waals surface area (Å²) in [5.41, 5.74) is 6.12. The van der Waals surface area contributed by atoms with Crippen molar-refractivity contribution in [2.45, 2.75) is 25.3 Å². The van der Waals surface area contributed by atoms with E-state index >= 15 is 0 Å². The first-order valence-electron chi connectivity index (χ1n) is 4.90. The Hall–Kier alpha value is -1.13. The highest BCUT2D eigenvalue weighted by atomic mass is 35.5. The van der Waals surface area contributed by atoms with E-state index in [4.69, 9.17) is 22.4 Å². The van der Waals surface area contributed by atoms with Crippen molar-refractivity contribution in [1.82, 2.24) is 0 Å². The summed E-state index contributed by atoms with van der Waals surface area (Å²) in [5, 5.41) is 8.92. The molecule has 1 rings (SSSR count). The molecular weight excluding hydrogens is 233 g/mol. The molecule has 0 bridgehead atoms. The van der Waals surface area contributed by atoms with Crippen LogP contribution in [0.4, 0.5) is 4.39 Å². The monoisotopic (exact) mass is 245 g/mol. The zero-order chi connectivity index (χ0) is 12.1. The molecule has 0 amide bonds. The normalized spacial score (nSPS) is 12.4. The van der Waals surface area contributed by atoms with Crippen molar-refractivity contribution in [2.24, 2.45) is 5.73 Å². The number of hydrogen-bond donors (Lipinski definition) is 2. The van der Waals surface area contributed by atoms with Crippen LogP contribution in [0, 0.1) is 5.82 Å². The fraction of sp³-hybridized carbons (Fsp3) is 0.364. The molecule has 0 saturated carbocycles. The highest BCUT2D eigenvalue weighted by molar-refractivity contribution is 6.30. The van der Waals surface area contributed by atoms with Gasteiger partial charge in [-0.15, -0.1) is 0 Å². The Morgan fingerprint density at radius 2 is 2.25 bits per heavy atom. The first-order chi connectivity index (χ1) is 7.49. The third-order valence-corrected chi connectivity index (χ3v) is 2.45. The molecule has 0 aliphatic heterocycles. The maximum Gasteiger partial charge on any atom is 0.303 e. The van der Waals surface area contributed by atoms with Gasteiger partial charge in [0, 0.05) is 17.5 Å². The lowest BCUT2D eigenvalue weighted by Gasteiger charge is -2.11. The first kappa shape index (κ1) is 12.9. The van der Waals surface area contributed by atoms with Crippen molar-refractivity contribution < 1.29 is 14.3 Å². The van der Waals surface area contributed by atoms with Crippen molar-refractivity contribution in [3.8, 4) is 0 Å². The van der Waals surface area contributed by atoms with Gasteiger partial charge in [0.15, 0.2) is 0 Å². The largest absolute Gasteiger partial charge is 0.481 e. The van der Waals surface area contributed by atoms with Crippen LogP contribution in [0.5, 0.6) is 0 Å². The SMILES string of the molecule is NC(CCC(=O)O)Cc1cc(Cl)ccc1F. The highest BCUT2D eigenvalue weighted by Crippen LogP contribution is 2.16. The lowest BCUT2D eigenvalue weighted by Crippen LogP contribution is -2.24. The molecule has 0 aliphatic carbocycles. The topological polar surface area (TPSA) is 63.3 Å². The van der Waals surface area contributed by atoms with E-state index in [-0.39, 0.29) is 18.3 Å². The second kappa shape index (κ2) is 5.82. The van der Waals surface area contributed by atoms with Gasteiger partial charge < -0.3 is 10.8 Å². The summed E-state index contributed by atoms with van der Waals surface area (Å²) in [4.78, 5) is 10.3. The molecule has 1 atom stereocenters. The molecular formula is C11H13ClFNO2. The van der Waals surface area contributed by atoms with Gasteiger partial charge in [-0.1, -0.05) is 11.6 Å². The van der Waals surface area contributed by atoms with Gasteiger partial charge >= 0.3 is 5.97 Å². The van der Waals surface area contributed by atoms with E-state index in [0.29, 0.717) is 23.4 Å². The minimum atomic E-state index is -0.901. The van der Waals surface area contributed by atoms with E-state index < -0.39 is 5.97 Å². The van der Waals surface area contributed by atoms with Gasteiger partial charge in [0.05, 0.1) is 0 Å². The van der Waals surface area contributed by atoms with Gasteiger partial charge in [0.1, 0.15) is 5.82 Å². The molecule has 3 N–H and O–H groups in total. The number of nitrogens with two attached hydrogens (primary N) is 1. The van der Waals surface area contributed by atoms with Crippen LogP contribution in [0.25, 0.3) is 0 Å². The maximum atomic E-state index is 13.3. The number of aliphatic carboxylic acids is 1. The quantitative estimate of drug-likeness (QED) is 0.836. The van der Waals surface area contributed by atoms with E-state index in [1.165, 1.54) is 18.2 Å². The Morgan fingerprint density at radius 3 is 2.88 bits per heavy atom. The molecule has 0 aliphatic rings. The summed E-state index contributed by atoms with van der Waals surface area (Å²) in [5.74, 6) is -1.27. The average Bonchev–Trinajstić information content (AvgIpc) is 2.20. The van der Waals surface area contributed by atoms with Crippen LogP contribution >= 0.6 is 11.6 Å². The number of hydrogen-bond acceptors (Lipinski definition) is 2. The predicted octanol–water partition coefficient (Wildman–Crippen LogP) is 2.21. The molecule has 5 heteroatoms. The molecule has 1 aromatic carbocycles. The van der Waals surface area contributed by atoms with Crippen LogP contribution in [0.1, 0.15) is 18.4 Å². The van der Waals surface area contributed by atoms with Gasteiger partial charge in [-0.3, -0.25) is 4.79 Å². The van der Waals surface area contributed by atoms with Crippen LogP contribution in [-0.2, 0) is 11.2 Å². The first-order valence-corrected chi connectivity index (χ1v) is 5.28. The van der Waals surface area contributed by atoms with Crippen LogP contribution < -0.4 is 5.73 Å². The third-order valence-electron chi connectivity index (χ3n) is 2.22. The maximum absolute atomic E-state index is 13.3. The van der Waals surface area contributed by atoms with Crippen molar-refractivity contribution >= 4 is 17.6 Å². The van der Waals surface area contributed by atoms with Crippen molar-refractivity contribution in [3.05, 3.63) is 34.6 Å². The van der Waals surface area contributed by atoms with E-state index in [2.05, 4.69) is 0 Å². The standard InChI is InChI=1S/C11H13ClFNO2/c12-8-1-3-10(13)7(5-8)6-9(14)2-4-11(15)16/h1,3,5,9H,2,4,6,14H2,(H,15,16). The second-order valence-corrected chi connectivity index (χ2v) is 4.07. The number of carbonyl (C=O) groups is 1. The summed E-state index contributed by atoms with van der Waals surface area (Å²) in [6.45, 7) is 0. The number of rotatable bonds is 5. The molecule has 3 nitrogen and oxygen atoms in total. The molecule has 88 valence electrons. The van der Waals surface area contributed by atoms with Gasteiger partial charge in [-0.05, 0) is 36.6 Å². The van der Waals surface area contributed by atoms with Crippen molar-refractivity contribution in [1.29, 1.82) is 0 Å². The van der Waals surface area contributed by atoms with Crippen LogP contribution in [0.15, 0.2) is 18.2 Å². The highest BCUT2D eigenvalue weighted by Gasteiger charge is 2.10. The molecule has 0 fully saturated rings. The van der Waals surface area contributed by atoms with Gasteiger partial charge in [-0.2, -0.15) is 0 Å². The Balaban J connectivity index is 2.58. The molecule has 1 unspecified atom stereocenters. The Kier molecular flexibility index (Phi) is 4.71. The summed E-state index contributed by atoms with van der Waals surface area (Å²) in [6, 6.07) is 3.88. The van der Waals surface area contributed by atoms with E-state index in [1.54, 1.807) is 0 Å². The van der Waals surface area contributed by atoms with Crippen molar-refractivity contribution in [2.75, 3.05) is 0 Å². The lowest BCUT2D eigenvalue weighted by atomic mass is 10.0. The molecule has 0 heterocycles. The Bertz CT molecular complexity index is 384. The van der Waals surface area contributed by atoms with E-state index in [1.807, 2.05) is 0 Å². The van der Waals surface area contributed by atoms with E-state index in [0.717, 1.165) is 0 Å². The summed E-state index contributed by atoms with van der Waals surface area (Å²) >= 11 is 5.73. The summed E-state index contributed by atoms with van der Waals surface area (Å²) in [6.07, 6.45) is 0.601. The number of benzene rings is 1. The number of halogens is 2. The van der Waals surface area contributed by atoms with Crippen LogP contribution in [0.3, 0.4) is 0 Å². The molecule has 0 aromatic heterocycles. The van der Waals surface area contributed by atoms with Crippen molar-refractivity contribution in [3.63, 3.8) is 0 Å². The Labute approximate surface area is 98.0 Å². The third kappa shape index (κ3) is 4.16. The minimum absolute atomic E-state index is 0.0106. The van der Waals surface area contributed by atoms with E-state index in [9.17, 15) is 9.18 Å². The van der Waals surface area contributed by atoms with Gasteiger partial charge in [0.2, 0.25) is 0 Å². The predicted molar refractivity (Wildman–Crippen MR) is 60.0 cm³/mol. The van der Waals surface area contributed by atoms with Crippen LogP contribution in [0.2, 0.25) is 5.02 Å². The smallest absolute Gasteiger partial charge is 0.303 e. The molecule has 0 saturated heterocycles. The Morgan fingerprint density at radius 1 is 1.56 bits per heavy atom. The second-order valence-electron chi connectivity index (χ2n) is 3.63. The molecule has 1 aromatic rings. The lowest BCUT2D eigenvalue weighted by molar-refractivity contribution is -0.137. The zero-order valence-corrected chi connectivity index (χ0v) is 9.38. The zero-order valence-electron chi connectivity index (χ0n) is 8.62. The van der Waals surface area contributed by atoms with Crippen LogP contribution in [-0.4, -0.2) is 17.1 Å². The molecule has 0 spiro atoms. The minimum Gasteiger partial charge on any atom is -0.481 e. The molecule has 16 heavy (non-hydrogen) atoms. The fourth-order valence-electron chi connectivity index (χ4n) is 1.39.